The van der Waals surface area contributed by atoms with Crippen LogP contribution < -0.4 is 4.90 Å². The molecule has 116 valence electrons. The van der Waals surface area contributed by atoms with E-state index in [0.29, 0.717) is 5.76 Å². The maximum absolute atomic E-state index is 10.7. The number of hydrogen-bond donors (Lipinski definition) is 0. The largest absolute Gasteiger partial charge is 0.456 e. The van der Waals surface area contributed by atoms with E-state index in [2.05, 4.69) is 0 Å². The second-order valence-corrected chi connectivity index (χ2v) is 5.41. The van der Waals surface area contributed by atoms with Gasteiger partial charge in [0.05, 0.1) is 4.92 Å². The zero-order valence-corrected chi connectivity index (χ0v) is 12.9. The number of non-ortho nitro benzene ring substituents is 1. The SMILES string of the molecule is CN(C)c1ccc(-c2ccc(-c3ccc([N+](=O)[O-])cc3)o2)cc1. The van der Waals surface area contributed by atoms with Crippen molar-refractivity contribution >= 4 is 11.4 Å². The summed E-state index contributed by atoms with van der Waals surface area (Å²) in [6.45, 7) is 0. The molecule has 0 N–H and O–H groups in total. The molecule has 0 atom stereocenters. The van der Waals surface area contributed by atoms with E-state index in [1.54, 1.807) is 12.1 Å². The van der Waals surface area contributed by atoms with Gasteiger partial charge in [-0.05, 0) is 48.5 Å². The zero-order chi connectivity index (χ0) is 16.4. The van der Waals surface area contributed by atoms with Gasteiger partial charge in [0.15, 0.2) is 0 Å². The first-order chi connectivity index (χ1) is 11.0. The van der Waals surface area contributed by atoms with E-state index in [0.717, 1.165) is 22.6 Å². The van der Waals surface area contributed by atoms with Crippen LogP contribution in [0.2, 0.25) is 0 Å². The van der Waals surface area contributed by atoms with Crippen molar-refractivity contribution in [1.29, 1.82) is 0 Å². The molecule has 0 aliphatic heterocycles. The van der Waals surface area contributed by atoms with Crippen molar-refractivity contribution < 1.29 is 9.34 Å². The Hall–Kier alpha value is -3.08. The van der Waals surface area contributed by atoms with E-state index >= 15 is 0 Å². The Morgan fingerprint density at radius 2 is 1.30 bits per heavy atom. The van der Waals surface area contributed by atoms with Crippen LogP contribution in [0.5, 0.6) is 0 Å². The van der Waals surface area contributed by atoms with Crippen molar-refractivity contribution in [3.63, 3.8) is 0 Å². The summed E-state index contributed by atoms with van der Waals surface area (Å²) in [7, 11) is 3.99. The molecule has 5 heteroatoms. The number of anilines is 1. The molecule has 2 aromatic carbocycles. The first-order valence-electron chi connectivity index (χ1n) is 7.17. The van der Waals surface area contributed by atoms with Crippen molar-refractivity contribution in [2.45, 2.75) is 0 Å². The predicted molar refractivity (Wildman–Crippen MR) is 90.6 cm³/mol. The number of furan rings is 1. The maximum Gasteiger partial charge on any atom is 0.269 e. The van der Waals surface area contributed by atoms with Gasteiger partial charge in [-0.3, -0.25) is 10.1 Å². The lowest BCUT2D eigenvalue weighted by molar-refractivity contribution is -0.384. The van der Waals surface area contributed by atoms with E-state index in [1.165, 1.54) is 12.1 Å². The Bertz CT molecular complexity index is 818. The lowest BCUT2D eigenvalue weighted by Crippen LogP contribution is -2.07. The Labute approximate surface area is 133 Å². The minimum atomic E-state index is -0.413. The van der Waals surface area contributed by atoms with Gasteiger partial charge >= 0.3 is 0 Å². The normalized spacial score (nSPS) is 10.5. The van der Waals surface area contributed by atoms with E-state index in [4.69, 9.17) is 4.42 Å². The number of nitro groups is 1. The van der Waals surface area contributed by atoms with Gasteiger partial charge < -0.3 is 9.32 Å². The zero-order valence-electron chi connectivity index (χ0n) is 12.9. The molecule has 0 spiro atoms. The minimum absolute atomic E-state index is 0.0693. The van der Waals surface area contributed by atoms with Gasteiger partial charge in [-0.15, -0.1) is 0 Å². The van der Waals surface area contributed by atoms with Gasteiger partial charge in [0, 0.05) is 43.0 Å². The van der Waals surface area contributed by atoms with Crippen molar-refractivity contribution in [3.8, 4) is 22.6 Å². The average molecular weight is 308 g/mol. The Morgan fingerprint density at radius 3 is 1.74 bits per heavy atom. The van der Waals surface area contributed by atoms with Crippen LogP contribution in [-0.2, 0) is 0 Å². The van der Waals surface area contributed by atoms with Crippen molar-refractivity contribution in [2.75, 3.05) is 19.0 Å². The third kappa shape index (κ3) is 3.08. The molecule has 0 bridgehead atoms. The second kappa shape index (κ2) is 5.96. The van der Waals surface area contributed by atoms with Gasteiger partial charge in [-0.2, -0.15) is 0 Å². The highest BCUT2D eigenvalue weighted by molar-refractivity contribution is 5.67. The highest BCUT2D eigenvalue weighted by atomic mass is 16.6. The summed E-state index contributed by atoms with van der Waals surface area (Å²) in [5, 5.41) is 10.7. The number of hydrogen-bond acceptors (Lipinski definition) is 4. The highest BCUT2D eigenvalue weighted by Crippen LogP contribution is 2.30. The second-order valence-electron chi connectivity index (χ2n) is 5.41. The fourth-order valence-electron chi connectivity index (χ4n) is 2.32. The van der Waals surface area contributed by atoms with Crippen LogP contribution in [0, 0.1) is 10.1 Å². The first kappa shape index (κ1) is 14.8. The molecule has 0 saturated carbocycles. The van der Waals surface area contributed by atoms with Crippen molar-refractivity contribution in [3.05, 3.63) is 70.8 Å². The Kier molecular flexibility index (Phi) is 3.85. The smallest absolute Gasteiger partial charge is 0.269 e. The summed E-state index contributed by atoms with van der Waals surface area (Å²) >= 11 is 0. The Morgan fingerprint density at radius 1 is 0.826 bits per heavy atom. The maximum atomic E-state index is 10.7. The Balaban J connectivity index is 1.86. The van der Waals surface area contributed by atoms with Crippen molar-refractivity contribution in [1.82, 2.24) is 0 Å². The lowest BCUT2D eigenvalue weighted by Gasteiger charge is -2.12. The molecule has 1 aromatic heterocycles. The van der Waals surface area contributed by atoms with Crippen LogP contribution in [0.15, 0.2) is 65.1 Å². The van der Waals surface area contributed by atoms with Gasteiger partial charge in [0.25, 0.3) is 5.69 Å². The van der Waals surface area contributed by atoms with Crippen LogP contribution in [-0.4, -0.2) is 19.0 Å². The van der Waals surface area contributed by atoms with E-state index < -0.39 is 4.92 Å². The van der Waals surface area contributed by atoms with Crippen LogP contribution in [0.3, 0.4) is 0 Å². The number of benzene rings is 2. The number of nitro benzene ring substituents is 1. The monoisotopic (exact) mass is 308 g/mol. The van der Waals surface area contributed by atoms with E-state index in [1.807, 2.05) is 55.4 Å². The molecule has 0 fully saturated rings. The van der Waals surface area contributed by atoms with E-state index in [-0.39, 0.29) is 5.69 Å². The molecule has 0 aliphatic carbocycles. The van der Waals surface area contributed by atoms with E-state index in [9.17, 15) is 10.1 Å². The summed E-state index contributed by atoms with van der Waals surface area (Å²) in [4.78, 5) is 12.3. The van der Waals surface area contributed by atoms with Gasteiger partial charge in [-0.25, -0.2) is 0 Å². The summed E-state index contributed by atoms with van der Waals surface area (Å²) in [5.41, 5.74) is 2.99. The molecule has 0 amide bonds. The standard InChI is InChI=1S/C18H16N2O3/c1-19(2)15-7-3-13(4-8-15)17-11-12-18(23-17)14-5-9-16(10-6-14)20(21)22/h3-12H,1-2H3. The minimum Gasteiger partial charge on any atom is -0.456 e. The summed E-state index contributed by atoms with van der Waals surface area (Å²) in [5.74, 6) is 1.45. The molecular weight excluding hydrogens is 292 g/mol. The molecule has 0 saturated heterocycles. The molecule has 5 nitrogen and oxygen atoms in total. The third-order valence-electron chi connectivity index (χ3n) is 3.64. The van der Waals surface area contributed by atoms with Crippen LogP contribution in [0.25, 0.3) is 22.6 Å². The number of nitrogens with zero attached hydrogens (tertiary/aromatic N) is 2. The summed E-state index contributed by atoms with van der Waals surface area (Å²) < 4.78 is 5.87. The first-order valence-corrected chi connectivity index (χ1v) is 7.17. The topological polar surface area (TPSA) is 59.5 Å². The summed E-state index contributed by atoms with van der Waals surface area (Å²) in [6, 6.07) is 18.2. The quantitative estimate of drug-likeness (QED) is 0.522. The van der Waals surface area contributed by atoms with Crippen molar-refractivity contribution in [2.24, 2.45) is 0 Å². The van der Waals surface area contributed by atoms with Crippen LogP contribution in [0.4, 0.5) is 11.4 Å². The van der Waals surface area contributed by atoms with Crippen LogP contribution >= 0.6 is 0 Å². The number of rotatable bonds is 4. The van der Waals surface area contributed by atoms with Gasteiger partial charge in [0.1, 0.15) is 11.5 Å². The molecule has 3 aromatic rings. The van der Waals surface area contributed by atoms with Gasteiger partial charge in [-0.1, -0.05) is 0 Å². The predicted octanol–water partition coefficient (Wildman–Crippen LogP) is 4.59. The average Bonchev–Trinajstić information content (AvgIpc) is 3.05. The van der Waals surface area contributed by atoms with Gasteiger partial charge in [0.2, 0.25) is 0 Å². The lowest BCUT2D eigenvalue weighted by atomic mass is 10.1. The third-order valence-corrected chi connectivity index (χ3v) is 3.64. The molecule has 0 aliphatic rings. The summed E-state index contributed by atoms with van der Waals surface area (Å²) in [6.07, 6.45) is 0. The van der Waals surface area contributed by atoms with Crippen LogP contribution in [0.1, 0.15) is 0 Å². The molecule has 23 heavy (non-hydrogen) atoms. The molecule has 0 radical (unpaired) electrons. The molecule has 1 heterocycles. The fourth-order valence-corrected chi connectivity index (χ4v) is 2.32. The molecular formula is C18H16N2O3. The molecule has 3 rings (SSSR count). The molecule has 0 unspecified atom stereocenters. The highest BCUT2D eigenvalue weighted by Gasteiger charge is 2.09. The fraction of sp³-hybridized carbons (Fsp3) is 0.111.